The first-order chi connectivity index (χ1) is 7.48. The van der Waals surface area contributed by atoms with Crippen molar-refractivity contribution < 1.29 is 9.53 Å². The molecule has 0 radical (unpaired) electrons. The largest absolute Gasteiger partial charge is 0.443 e. The van der Waals surface area contributed by atoms with Gasteiger partial charge in [0, 0.05) is 19.1 Å². The van der Waals surface area contributed by atoms with Crippen LogP contribution in [0.3, 0.4) is 0 Å². The number of piperidine rings is 1. The lowest BCUT2D eigenvalue weighted by atomic mass is 10.1. The third kappa shape index (κ3) is 3.67. The van der Waals surface area contributed by atoms with Gasteiger partial charge in [0.25, 0.3) is 0 Å². The Bertz CT molecular complexity index is 233. The number of nitrogens with zero attached hydrogens (tertiary/aromatic N) is 1. The molecule has 0 aromatic heterocycles. The minimum Gasteiger partial charge on any atom is -0.443 e. The normalized spacial score (nSPS) is 18.6. The quantitative estimate of drug-likeness (QED) is 0.803. The van der Waals surface area contributed by atoms with Crippen molar-refractivity contribution in [2.45, 2.75) is 51.7 Å². The van der Waals surface area contributed by atoms with E-state index in [1.807, 2.05) is 32.7 Å². The van der Waals surface area contributed by atoms with Crippen LogP contribution in [-0.4, -0.2) is 42.8 Å². The fourth-order valence-corrected chi connectivity index (χ4v) is 1.72. The molecule has 4 nitrogen and oxygen atoms in total. The standard InChI is InChI=1S/C12H24N2O2/c1-5-12(2,3)16-11(15)14-8-6-10(13-4)7-9-14/h10,13H,5-9H2,1-4H3. The highest BCUT2D eigenvalue weighted by molar-refractivity contribution is 5.68. The number of amides is 1. The van der Waals surface area contributed by atoms with Gasteiger partial charge in [-0.2, -0.15) is 0 Å². The molecule has 1 fully saturated rings. The zero-order valence-electron chi connectivity index (χ0n) is 10.9. The lowest BCUT2D eigenvalue weighted by Crippen LogP contribution is -2.46. The maximum Gasteiger partial charge on any atom is 0.410 e. The van der Waals surface area contributed by atoms with Crippen LogP contribution in [0.5, 0.6) is 0 Å². The minimum absolute atomic E-state index is 0.165. The van der Waals surface area contributed by atoms with Crippen molar-refractivity contribution in [2.75, 3.05) is 20.1 Å². The molecule has 0 atom stereocenters. The Kier molecular flexibility index (Phi) is 4.59. The van der Waals surface area contributed by atoms with E-state index in [-0.39, 0.29) is 11.7 Å². The summed E-state index contributed by atoms with van der Waals surface area (Å²) in [5.41, 5.74) is -0.350. The summed E-state index contributed by atoms with van der Waals surface area (Å²) in [5.74, 6) is 0. The highest BCUT2D eigenvalue weighted by Gasteiger charge is 2.27. The molecule has 94 valence electrons. The smallest absolute Gasteiger partial charge is 0.410 e. The molecule has 0 aromatic rings. The number of likely N-dealkylation sites (tertiary alicyclic amines) is 1. The van der Waals surface area contributed by atoms with E-state index in [2.05, 4.69) is 5.32 Å². The third-order valence-corrected chi connectivity index (χ3v) is 3.38. The van der Waals surface area contributed by atoms with Gasteiger partial charge in [-0.1, -0.05) is 6.92 Å². The van der Waals surface area contributed by atoms with E-state index < -0.39 is 0 Å². The van der Waals surface area contributed by atoms with Gasteiger partial charge in [0.05, 0.1) is 0 Å². The average molecular weight is 228 g/mol. The first-order valence-electron chi connectivity index (χ1n) is 6.13. The van der Waals surface area contributed by atoms with Crippen LogP contribution in [0.15, 0.2) is 0 Å². The second-order valence-corrected chi connectivity index (χ2v) is 5.03. The lowest BCUT2D eigenvalue weighted by Gasteiger charge is -2.34. The van der Waals surface area contributed by atoms with E-state index in [0.717, 1.165) is 32.4 Å². The van der Waals surface area contributed by atoms with Crippen molar-refractivity contribution in [3.8, 4) is 0 Å². The van der Waals surface area contributed by atoms with Crippen LogP contribution in [-0.2, 0) is 4.74 Å². The number of hydrogen-bond acceptors (Lipinski definition) is 3. The van der Waals surface area contributed by atoms with Crippen molar-refractivity contribution in [1.29, 1.82) is 0 Å². The molecule has 1 saturated heterocycles. The molecule has 1 amide bonds. The maximum absolute atomic E-state index is 11.9. The number of carbonyl (C=O) groups is 1. The summed E-state index contributed by atoms with van der Waals surface area (Å²) in [5, 5.41) is 3.24. The molecule has 1 N–H and O–H groups in total. The molecule has 0 unspecified atom stereocenters. The molecule has 0 aromatic carbocycles. The van der Waals surface area contributed by atoms with Gasteiger partial charge in [0.15, 0.2) is 0 Å². The highest BCUT2D eigenvalue weighted by Crippen LogP contribution is 2.18. The van der Waals surface area contributed by atoms with E-state index in [1.54, 1.807) is 0 Å². The molecule has 0 spiro atoms. The van der Waals surface area contributed by atoms with Crippen molar-refractivity contribution in [1.82, 2.24) is 10.2 Å². The first-order valence-corrected chi connectivity index (χ1v) is 6.13. The molecule has 1 rings (SSSR count). The Hall–Kier alpha value is -0.770. The van der Waals surface area contributed by atoms with E-state index in [9.17, 15) is 4.79 Å². The predicted molar refractivity (Wildman–Crippen MR) is 64.5 cm³/mol. The van der Waals surface area contributed by atoms with E-state index in [0.29, 0.717) is 6.04 Å². The summed E-state index contributed by atoms with van der Waals surface area (Å²) < 4.78 is 5.46. The molecular formula is C12H24N2O2. The fourth-order valence-electron chi connectivity index (χ4n) is 1.72. The molecular weight excluding hydrogens is 204 g/mol. The van der Waals surface area contributed by atoms with Crippen LogP contribution in [0.4, 0.5) is 4.79 Å². The number of rotatable bonds is 3. The summed E-state index contributed by atoms with van der Waals surface area (Å²) in [7, 11) is 1.97. The van der Waals surface area contributed by atoms with Crippen LogP contribution in [0, 0.1) is 0 Å². The lowest BCUT2D eigenvalue weighted by molar-refractivity contribution is 0.00712. The molecule has 0 bridgehead atoms. The summed E-state index contributed by atoms with van der Waals surface area (Å²) in [6, 6.07) is 0.545. The van der Waals surface area contributed by atoms with Gasteiger partial charge in [0.2, 0.25) is 0 Å². The molecule has 0 saturated carbocycles. The number of ether oxygens (including phenoxy) is 1. The Morgan fingerprint density at radius 2 is 2.00 bits per heavy atom. The van der Waals surface area contributed by atoms with Crippen molar-refractivity contribution in [3.63, 3.8) is 0 Å². The molecule has 0 aliphatic carbocycles. The van der Waals surface area contributed by atoms with Crippen LogP contribution in [0.1, 0.15) is 40.0 Å². The van der Waals surface area contributed by atoms with Gasteiger partial charge in [0.1, 0.15) is 5.60 Å². The number of carbonyl (C=O) groups excluding carboxylic acids is 1. The zero-order chi connectivity index (χ0) is 12.2. The maximum atomic E-state index is 11.9. The Labute approximate surface area is 98.3 Å². The van der Waals surface area contributed by atoms with Crippen LogP contribution < -0.4 is 5.32 Å². The Balaban J connectivity index is 2.39. The predicted octanol–water partition coefficient (Wildman–Crippen LogP) is 2.00. The van der Waals surface area contributed by atoms with Crippen LogP contribution in [0.25, 0.3) is 0 Å². The molecule has 4 heteroatoms. The number of nitrogens with one attached hydrogen (secondary N) is 1. The summed E-state index contributed by atoms with van der Waals surface area (Å²) in [4.78, 5) is 13.7. The Morgan fingerprint density at radius 3 is 2.44 bits per heavy atom. The first kappa shape index (κ1) is 13.3. The SMILES string of the molecule is CCC(C)(C)OC(=O)N1CCC(NC)CC1. The molecule has 1 heterocycles. The molecule has 16 heavy (non-hydrogen) atoms. The second-order valence-electron chi connectivity index (χ2n) is 5.03. The van der Waals surface area contributed by atoms with E-state index in [1.165, 1.54) is 0 Å². The summed E-state index contributed by atoms with van der Waals surface area (Å²) >= 11 is 0. The second kappa shape index (κ2) is 5.53. The van der Waals surface area contributed by atoms with Gasteiger partial charge in [-0.25, -0.2) is 4.79 Å². The monoisotopic (exact) mass is 228 g/mol. The van der Waals surface area contributed by atoms with Crippen molar-refractivity contribution in [2.24, 2.45) is 0 Å². The van der Waals surface area contributed by atoms with Gasteiger partial charge < -0.3 is 15.0 Å². The highest BCUT2D eigenvalue weighted by atomic mass is 16.6. The summed E-state index contributed by atoms with van der Waals surface area (Å²) in [6.45, 7) is 7.52. The topological polar surface area (TPSA) is 41.6 Å². The van der Waals surface area contributed by atoms with E-state index in [4.69, 9.17) is 4.74 Å². The van der Waals surface area contributed by atoms with Crippen LogP contribution in [0.2, 0.25) is 0 Å². The Morgan fingerprint density at radius 1 is 1.44 bits per heavy atom. The molecule has 1 aliphatic heterocycles. The third-order valence-electron chi connectivity index (χ3n) is 3.38. The molecule has 1 aliphatic rings. The fraction of sp³-hybridized carbons (Fsp3) is 0.917. The van der Waals surface area contributed by atoms with Gasteiger partial charge in [-0.05, 0) is 40.2 Å². The average Bonchev–Trinajstić information content (AvgIpc) is 2.28. The van der Waals surface area contributed by atoms with Crippen molar-refractivity contribution in [3.05, 3.63) is 0 Å². The minimum atomic E-state index is -0.350. The zero-order valence-corrected chi connectivity index (χ0v) is 10.9. The summed E-state index contributed by atoms with van der Waals surface area (Å²) in [6.07, 6.45) is 2.70. The van der Waals surface area contributed by atoms with Gasteiger partial charge >= 0.3 is 6.09 Å². The van der Waals surface area contributed by atoms with Gasteiger partial charge in [-0.3, -0.25) is 0 Å². The number of hydrogen-bond donors (Lipinski definition) is 1. The van der Waals surface area contributed by atoms with Crippen LogP contribution >= 0.6 is 0 Å². The van der Waals surface area contributed by atoms with Crippen molar-refractivity contribution >= 4 is 6.09 Å². The van der Waals surface area contributed by atoms with E-state index >= 15 is 0 Å². The van der Waals surface area contributed by atoms with Gasteiger partial charge in [-0.15, -0.1) is 0 Å².